The van der Waals surface area contributed by atoms with Crippen molar-refractivity contribution in [3.8, 4) is 6.07 Å². The summed E-state index contributed by atoms with van der Waals surface area (Å²) in [5.41, 5.74) is 8.91. The molecule has 0 saturated carbocycles. The maximum absolute atomic E-state index is 9.52. The lowest BCUT2D eigenvalue weighted by Crippen LogP contribution is -2.06. The number of nitrogen functional groups attached to an aromatic ring is 1. The molecular formula is C19H16N6. The van der Waals surface area contributed by atoms with Crippen LogP contribution >= 0.6 is 0 Å². The number of nitrogens with zero attached hydrogens (tertiary/aromatic N) is 4. The smallest absolute Gasteiger partial charge is 0.232 e. The molecule has 3 rings (SSSR count). The molecule has 3 N–H and O–H groups in total. The van der Waals surface area contributed by atoms with E-state index in [0.29, 0.717) is 11.5 Å². The molecule has 0 bridgehead atoms. The van der Waals surface area contributed by atoms with Gasteiger partial charge in [0, 0.05) is 5.69 Å². The molecule has 1 heterocycles. The number of aryl methyl sites for hydroxylation is 1. The molecule has 0 radical (unpaired) electrons. The highest BCUT2D eigenvalue weighted by Crippen LogP contribution is 2.19. The number of para-hydroxylation sites is 1. The first-order valence-corrected chi connectivity index (χ1v) is 7.67. The summed E-state index contributed by atoms with van der Waals surface area (Å²) < 4.78 is 0. The van der Waals surface area contributed by atoms with Gasteiger partial charge < -0.3 is 11.1 Å². The minimum absolute atomic E-state index is 0.0503. The average molecular weight is 328 g/mol. The number of allylic oxidation sites excluding steroid dienone is 1. The fraction of sp³-hybridized carbons (Fsp3) is 0.0526. The first-order valence-electron chi connectivity index (χ1n) is 7.67. The van der Waals surface area contributed by atoms with Crippen molar-refractivity contribution in [2.24, 2.45) is 0 Å². The first kappa shape index (κ1) is 16.1. The lowest BCUT2D eigenvalue weighted by atomic mass is 10.1. The number of hydrogen-bond acceptors (Lipinski definition) is 6. The van der Waals surface area contributed by atoms with E-state index in [1.54, 1.807) is 6.08 Å². The number of hydrogen-bond donors (Lipinski definition) is 2. The SMILES string of the molecule is Cc1ccccc1C=C(C#N)c1nc(N)nc(Nc2ccccc2)n1. The molecule has 0 spiro atoms. The molecule has 0 fully saturated rings. The topological polar surface area (TPSA) is 101 Å². The van der Waals surface area contributed by atoms with Crippen LogP contribution in [0.5, 0.6) is 0 Å². The van der Waals surface area contributed by atoms with E-state index in [1.165, 1.54) is 0 Å². The van der Waals surface area contributed by atoms with E-state index >= 15 is 0 Å². The highest BCUT2D eigenvalue weighted by molar-refractivity contribution is 5.88. The molecule has 122 valence electrons. The molecule has 0 aliphatic heterocycles. The molecule has 0 amide bonds. The molecule has 0 atom stereocenters. The molecule has 1 aromatic heterocycles. The van der Waals surface area contributed by atoms with E-state index in [9.17, 15) is 5.26 Å². The molecule has 6 nitrogen and oxygen atoms in total. The molecular weight excluding hydrogens is 312 g/mol. The minimum atomic E-state index is 0.0503. The number of nitriles is 1. The summed E-state index contributed by atoms with van der Waals surface area (Å²) in [6.45, 7) is 1.98. The maximum atomic E-state index is 9.52. The van der Waals surface area contributed by atoms with Crippen LogP contribution < -0.4 is 11.1 Å². The van der Waals surface area contributed by atoms with Crippen LogP contribution in [0.4, 0.5) is 17.6 Å². The summed E-state index contributed by atoms with van der Waals surface area (Å²) >= 11 is 0. The predicted molar refractivity (Wildman–Crippen MR) is 98.6 cm³/mol. The molecule has 25 heavy (non-hydrogen) atoms. The second-order valence-corrected chi connectivity index (χ2v) is 5.36. The standard InChI is InChI=1S/C19H16N6/c1-13-7-5-6-8-14(13)11-15(12-20)17-23-18(21)25-19(24-17)22-16-9-3-2-4-10-16/h2-11H,1H3,(H3,21,22,23,24,25). The molecule has 6 heteroatoms. The molecule has 0 aliphatic carbocycles. The Morgan fingerprint density at radius 2 is 1.76 bits per heavy atom. The quantitative estimate of drug-likeness (QED) is 0.710. The Bertz CT molecular complexity index is 957. The zero-order valence-electron chi connectivity index (χ0n) is 13.6. The Kier molecular flexibility index (Phi) is 4.67. The Morgan fingerprint density at radius 3 is 2.48 bits per heavy atom. The Balaban J connectivity index is 1.98. The minimum Gasteiger partial charge on any atom is -0.368 e. The van der Waals surface area contributed by atoms with Gasteiger partial charge in [-0.2, -0.15) is 20.2 Å². The van der Waals surface area contributed by atoms with E-state index in [4.69, 9.17) is 5.73 Å². The monoisotopic (exact) mass is 328 g/mol. The van der Waals surface area contributed by atoms with Gasteiger partial charge >= 0.3 is 0 Å². The fourth-order valence-electron chi connectivity index (χ4n) is 2.27. The van der Waals surface area contributed by atoms with Gasteiger partial charge in [0.2, 0.25) is 11.9 Å². The lowest BCUT2D eigenvalue weighted by Gasteiger charge is -2.07. The Labute approximate surface area is 145 Å². The summed E-state index contributed by atoms with van der Waals surface area (Å²) in [5.74, 6) is 0.575. The molecule has 3 aromatic rings. The van der Waals surface area contributed by atoms with E-state index in [2.05, 4.69) is 26.3 Å². The lowest BCUT2D eigenvalue weighted by molar-refractivity contribution is 1.04. The van der Waals surface area contributed by atoms with Gasteiger partial charge in [0.1, 0.15) is 6.07 Å². The van der Waals surface area contributed by atoms with Gasteiger partial charge in [0.15, 0.2) is 5.82 Å². The summed E-state index contributed by atoms with van der Waals surface area (Å²) in [5, 5.41) is 12.6. The van der Waals surface area contributed by atoms with E-state index in [0.717, 1.165) is 16.8 Å². The van der Waals surface area contributed by atoms with Crippen molar-refractivity contribution in [1.82, 2.24) is 15.0 Å². The van der Waals surface area contributed by atoms with Crippen molar-refractivity contribution < 1.29 is 0 Å². The highest BCUT2D eigenvalue weighted by atomic mass is 15.2. The number of nitrogens with one attached hydrogen (secondary N) is 1. The number of anilines is 3. The van der Waals surface area contributed by atoms with Crippen molar-refractivity contribution >= 4 is 29.2 Å². The first-order chi connectivity index (χ1) is 12.2. The third-order valence-electron chi connectivity index (χ3n) is 3.53. The Hall–Kier alpha value is -3.72. The van der Waals surface area contributed by atoms with Crippen molar-refractivity contribution in [3.63, 3.8) is 0 Å². The summed E-state index contributed by atoms with van der Waals surface area (Å²) in [6.07, 6.45) is 1.75. The van der Waals surface area contributed by atoms with E-state index < -0.39 is 0 Å². The average Bonchev–Trinajstić information content (AvgIpc) is 2.61. The molecule has 0 unspecified atom stereocenters. The second kappa shape index (κ2) is 7.23. The fourth-order valence-corrected chi connectivity index (χ4v) is 2.27. The van der Waals surface area contributed by atoms with E-state index in [-0.39, 0.29) is 11.8 Å². The van der Waals surface area contributed by atoms with Gasteiger partial charge in [-0.1, -0.05) is 42.5 Å². The summed E-state index contributed by atoms with van der Waals surface area (Å²) in [6, 6.07) is 19.4. The van der Waals surface area contributed by atoms with Crippen molar-refractivity contribution in [1.29, 1.82) is 5.26 Å². The summed E-state index contributed by atoms with van der Waals surface area (Å²) in [7, 11) is 0. The van der Waals surface area contributed by atoms with Gasteiger partial charge in [0.25, 0.3) is 0 Å². The third-order valence-corrected chi connectivity index (χ3v) is 3.53. The van der Waals surface area contributed by atoms with Crippen LogP contribution in [0.25, 0.3) is 11.6 Å². The number of benzene rings is 2. The normalized spacial score (nSPS) is 11.0. The zero-order valence-corrected chi connectivity index (χ0v) is 13.6. The van der Waals surface area contributed by atoms with E-state index in [1.807, 2.05) is 61.5 Å². The van der Waals surface area contributed by atoms with Crippen LogP contribution in [0, 0.1) is 18.3 Å². The molecule has 0 saturated heterocycles. The maximum Gasteiger partial charge on any atom is 0.232 e. The van der Waals surface area contributed by atoms with Crippen molar-refractivity contribution in [2.75, 3.05) is 11.1 Å². The van der Waals surface area contributed by atoms with Gasteiger partial charge in [-0.05, 0) is 36.3 Å². The van der Waals surface area contributed by atoms with Crippen molar-refractivity contribution in [2.45, 2.75) is 6.92 Å². The molecule has 0 aliphatic rings. The van der Waals surface area contributed by atoms with Crippen LogP contribution in [-0.4, -0.2) is 15.0 Å². The molecule has 2 aromatic carbocycles. The number of aromatic nitrogens is 3. The Morgan fingerprint density at radius 1 is 1.04 bits per heavy atom. The highest BCUT2D eigenvalue weighted by Gasteiger charge is 2.10. The van der Waals surface area contributed by atoms with Crippen LogP contribution in [0.15, 0.2) is 54.6 Å². The van der Waals surface area contributed by atoms with Crippen LogP contribution in [0.3, 0.4) is 0 Å². The second-order valence-electron chi connectivity index (χ2n) is 5.36. The van der Waals surface area contributed by atoms with Gasteiger partial charge in [-0.15, -0.1) is 0 Å². The zero-order chi connectivity index (χ0) is 17.6. The van der Waals surface area contributed by atoms with Gasteiger partial charge in [0.05, 0.1) is 5.57 Å². The van der Waals surface area contributed by atoms with Crippen LogP contribution in [0.2, 0.25) is 0 Å². The van der Waals surface area contributed by atoms with Crippen LogP contribution in [-0.2, 0) is 0 Å². The van der Waals surface area contributed by atoms with Gasteiger partial charge in [-0.3, -0.25) is 0 Å². The number of nitrogens with two attached hydrogens (primary N) is 1. The summed E-state index contributed by atoms with van der Waals surface area (Å²) in [4.78, 5) is 12.5. The predicted octanol–water partition coefficient (Wildman–Crippen LogP) is 3.57. The van der Waals surface area contributed by atoms with Crippen LogP contribution in [0.1, 0.15) is 17.0 Å². The van der Waals surface area contributed by atoms with Crippen molar-refractivity contribution in [3.05, 3.63) is 71.5 Å². The largest absolute Gasteiger partial charge is 0.368 e. The van der Waals surface area contributed by atoms with Gasteiger partial charge in [-0.25, -0.2) is 0 Å². The third kappa shape index (κ3) is 3.98. The number of rotatable bonds is 4.